The van der Waals surface area contributed by atoms with E-state index in [1.54, 1.807) is 35.5 Å². The highest BCUT2D eigenvalue weighted by molar-refractivity contribution is 9.10. The zero-order chi connectivity index (χ0) is 72.6. The van der Waals surface area contributed by atoms with E-state index in [9.17, 15) is 44.8 Å². The standard InChI is InChI=1S/C34H44BrFN6O5S.C24H34BrN5O4S.C10H12FNO2/c1-32(2,3)26-17-14-23(29(36)39-26)30(43)41-48(45,46)28-11-9-10-27(40-28)38-25(24-16-13-22(35)19-37-24)15-12-21-18-34(7,8)42(20-21)31(44)47-33(4,5)6;1-23(2,3)34-22(31)30-15-16(13-24(30,4)5)9-11-19(18-12-10-17(25)14-27-18)28-20-7-6-8-21(29-20)35(26,32)33;1-10(2,3)7-5-4-6(9(13)14)8(11)12-7/h9-11,13-14,16-17,19,21,25H,12,15,18,20H2,1-8H3,(H,38,40)(H,41,43);6-8,10,12,14,16,19H,9,11,13,15H2,1-5H3,(H,28,29)(H2,26,32,33);4-5H,1-3H3,(H,13,14)/t21-,25?;16-,19?;/m00./s1. The summed E-state index contributed by atoms with van der Waals surface area (Å²) in [6, 6.07) is 21.5. The summed E-state index contributed by atoms with van der Waals surface area (Å²) in [4.78, 5) is 77.7. The topological polar surface area (TPSA) is 321 Å². The van der Waals surface area contributed by atoms with Gasteiger partial charge in [0.2, 0.25) is 11.9 Å². The van der Waals surface area contributed by atoms with E-state index in [0.717, 1.165) is 40.3 Å². The first-order valence-electron chi connectivity index (χ1n) is 31.5. The molecule has 2 unspecified atom stereocenters. The Labute approximate surface area is 585 Å². The number of sulfonamides is 2. The van der Waals surface area contributed by atoms with E-state index in [4.69, 9.17) is 19.7 Å². The Balaban J connectivity index is 0.000000263. The maximum absolute atomic E-state index is 14.7. The molecule has 4 atom stereocenters. The largest absolute Gasteiger partial charge is 0.478 e. The van der Waals surface area contributed by atoms with Crippen LogP contribution in [0.15, 0.2) is 116 Å². The van der Waals surface area contributed by atoms with Crippen molar-refractivity contribution in [2.24, 2.45) is 17.0 Å². The monoisotopic (exact) mass is 1510 g/mol. The fraction of sp³-hybridized carbons (Fsp3) is 0.500. The molecule has 3 amide bonds. The van der Waals surface area contributed by atoms with Crippen LogP contribution < -0.4 is 20.5 Å². The van der Waals surface area contributed by atoms with Crippen LogP contribution in [0.3, 0.4) is 0 Å². The molecule has 528 valence electrons. The van der Waals surface area contributed by atoms with Gasteiger partial charge in [0, 0.05) is 67.7 Å². The maximum Gasteiger partial charge on any atom is 0.410 e. The van der Waals surface area contributed by atoms with Gasteiger partial charge in [0.25, 0.3) is 26.0 Å². The second kappa shape index (κ2) is 31.2. The van der Waals surface area contributed by atoms with Crippen molar-refractivity contribution in [2.75, 3.05) is 23.7 Å². The molecule has 23 nitrogen and oxygen atoms in total. The SMILES string of the molecule is CC(C)(C)OC(=O)N1C[C@@H](CCC(Nc2cccc(S(=O)(=O)NC(=O)c3ccc(C(C)(C)C)nc3F)n2)c2ccc(Br)cn2)CC1(C)C.CC(C)(C)OC(=O)N1C[C@@H](CCC(Nc2cccc(S(N)(=O)=O)n2)c2ccc(Br)cn2)CC1(C)C.CC(C)(C)c1ccc(C(=O)O)c(F)n1. The van der Waals surface area contributed by atoms with Crippen molar-refractivity contribution in [1.29, 1.82) is 0 Å². The van der Waals surface area contributed by atoms with Crippen LogP contribution in [-0.2, 0) is 40.4 Å². The molecule has 8 heterocycles. The van der Waals surface area contributed by atoms with Crippen molar-refractivity contribution in [2.45, 2.75) is 205 Å². The van der Waals surface area contributed by atoms with Gasteiger partial charge in [-0.25, -0.2) is 52.6 Å². The molecule has 2 fully saturated rings. The average molecular weight is 1510 g/mol. The van der Waals surface area contributed by atoms with E-state index in [2.05, 4.69) is 86.2 Å². The molecule has 29 heteroatoms. The minimum absolute atomic E-state index is 0.189. The normalized spacial score (nSPS) is 16.9. The van der Waals surface area contributed by atoms with Gasteiger partial charge in [-0.1, -0.05) is 53.7 Å². The number of anilines is 2. The predicted molar refractivity (Wildman–Crippen MR) is 373 cm³/mol. The zero-order valence-corrected chi connectivity index (χ0v) is 62.5. The van der Waals surface area contributed by atoms with Crippen molar-refractivity contribution in [3.63, 3.8) is 0 Å². The first-order chi connectivity index (χ1) is 44.6. The number of ether oxygens (including phenoxy) is 2. The molecule has 0 spiro atoms. The van der Waals surface area contributed by atoms with Gasteiger partial charge in [-0.2, -0.15) is 17.2 Å². The number of amides is 3. The van der Waals surface area contributed by atoms with Crippen LogP contribution in [0.4, 0.5) is 30.0 Å². The summed E-state index contributed by atoms with van der Waals surface area (Å²) in [7, 11) is -8.39. The average Bonchev–Trinajstić information content (AvgIpc) is 1.73. The number of nitrogens with zero attached hydrogens (tertiary/aromatic N) is 8. The number of nitrogens with two attached hydrogens (primary N) is 1. The van der Waals surface area contributed by atoms with Crippen molar-refractivity contribution >= 4 is 87.6 Å². The summed E-state index contributed by atoms with van der Waals surface area (Å²) in [6.45, 7) is 31.7. The number of hydrogen-bond acceptors (Lipinski definition) is 18. The van der Waals surface area contributed by atoms with Gasteiger partial charge in [0.15, 0.2) is 10.1 Å². The fourth-order valence-corrected chi connectivity index (χ4v) is 12.8. The minimum atomic E-state index is -4.47. The Hall–Kier alpha value is -7.34. The molecule has 0 saturated carbocycles. The molecular weight excluding hydrogens is 1420 g/mol. The molecule has 0 radical (unpaired) electrons. The Morgan fingerprint density at radius 1 is 0.598 bits per heavy atom. The number of carbonyl (C=O) groups is 4. The van der Waals surface area contributed by atoms with Crippen molar-refractivity contribution < 1.29 is 59.4 Å². The van der Waals surface area contributed by atoms with Gasteiger partial charge in [0.05, 0.1) is 29.0 Å². The zero-order valence-electron chi connectivity index (χ0n) is 57.7. The molecule has 6 N–H and O–H groups in total. The Morgan fingerprint density at radius 2 is 0.990 bits per heavy atom. The molecule has 6 aromatic rings. The summed E-state index contributed by atoms with van der Waals surface area (Å²) in [6.07, 6.45) is 7.28. The van der Waals surface area contributed by atoms with Gasteiger partial charge in [-0.05, 0) is 224 Å². The number of pyridine rings is 6. The summed E-state index contributed by atoms with van der Waals surface area (Å²) in [5.74, 6) is -3.34. The lowest BCUT2D eigenvalue weighted by atomic mass is 9.91. The molecular formula is C68H90Br2F2N12O11S2. The summed E-state index contributed by atoms with van der Waals surface area (Å²) in [5.41, 5.74) is -0.989. The van der Waals surface area contributed by atoms with Gasteiger partial charge < -0.3 is 35.0 Å². The van der Waals surface area contributed by atoms with Crippen LogP contribution in [0, 0.1) is 23.7 Å². The number of hydrogen-bond donors (Lipinski definition) is 5. The fourth-order valence-electron chi connectivity index (χ4n) is 10.9. The van der Waals surface area contributed by atoms with Crippen molar-refractivity contribution in [1.82, 2.24) is 44.4 Å². The van der Waals surface area contributed by atoms with E-state index >= 15 is 0 Å². The number of aromatic nitrogens is 6. The number of halogens is 4. The van der Waals surface area contributed by atoms with Gasteiger partial charge >= 0.3 is 18.2 Å². The first-order valence-corrected chi connectivity index (χ1v) is 36.1. The number of carbonyl (C=O) groups excluding carboxylic acids is 3. The van der Waals surface area contributed by atoms with E-state index < -0.39 is 76.6 Å². The van der Waals surface area contributed by atoms with E-state index in [1.165, 1.54) is 42.5 Å². The van der Waals surface area contributed by atoms with E-state index in [-0.39, 0.29) is 63.4 Å². The quantitative estimate of drug-likeness (QED) is 0.0530. The number of nitrogens with one attached hydrogen (secondary N) is 3. The summed E-state index contributed by atoms with van der Waals surface area (Å²) in [5, 5.41) is 19.8. The van der Waals surface area contributed by atoms with E-state index in [1.807, 2.05) is 131 Å². The molecule has 0 bridgehead atoms. The highest BCUT2D eigenvalue weighted by Gasteiger charge is 2.44. The van der Waals surface area contributed by atoms with Crippen LogP contribution in [-0.4, -0.2) is 121 Å². The number of primary sulfonamides is 1. The lowest BCUT2D eigenvalue weighted by Crippen LogP contribution is -2.45. The van der Waals surface area contributed by atoms with Crippen molar-refractivity contribution in [3.05, 3.63) is 152 Å². The van der Waals surface area contributed by atoms with Gasteiger partial charge in [0.1, 0.15) is 28.4 Å². The highest BCUT2D eigenvalue weighted by atomic mass is 79.9. The minimum Gasteiger partial charge on any atom is -0.478 e. The van der Waals surface area contributed by atoms with Crippen LogP contribution in [0.1, 0.15) is 205 Å². The number of likely N-dealkylation sites (tertiary alicyclic amines) is 2. The Morgan fingerprint density at radius 3 is 1.34 bits per heavy atom. The second-order valence-electron chi connectivity index (χ2n) is 29.4. The summed E-state index contributed by atoms with van der Waals surface area (Å²) < 4.78 is 92.6. The maximum atomic E-state index is 14.7. The van der Waals surface area contributed by atoms with Crippen LogP contribution >= 0.6 is 31.9 Å². The Bertz CT molecular complexity index is 4010. The molecule has 2 aliphatic rings. The first kappa shape index (κ1) is 78.7. The third-order valence-corrected chi connectivity index (χ3v) is 18.7. The summed E-state index contributed by atoms with van der Waals surface area (Å²) >= 11 is 6.83. The lowest BCUT2D eigenvalue weighted by molar-refractivity contribution is 0.0118. The molecule has 8 rings (SSSR count). The van der Waals surface area contributed by atoms with Crippen LogP contribution in [0.25, 0.3) is 0 Å². The number of rotatable bonds is 17. The van der Waals surface area contributed by atoms with Crippen LogP contribution in [0.2, 0.25) is 0 Å². The van der Waals surface area contributed by atoms with Crippen LogP contribution in [0.5, 0.6) is 0 Å². The predicted octanol–water partition coefficient (Wildman–Crippen LogP) is 14.2. The number of carboxylic acid groups (broad SMARTS) is 1. The van der Waals surface area contributed by atoms with Gasteiger partial charge in [-0.15, -0.1) is 0 Å². The smallest absolute Gasteiger partial charge is 0.410 e. The molecule has 0 aliphatic carbocycles. The molecule has 97 heavy (non-hydrogen) atoms. The van der Waals surface area contributed by atoms with Gasteiger partial charge in [-0.3, -0.25) is 14.8 Å². The number of aromatic carboxylic acids is 1. The third-order valence-electron chi connectivity index (χ3n) is 15.7. The molecule has 2 aliphatic heterocycles. The third kappa shape index (κ3) is 23.1. The molecule has 6 aromatic heterocycles. The lowest BCUT2D eigenvalue weighted by Gasteiger charge is -2.33. The molecule has 0 aromatic carbocycles. The number of carboxylic acids is 1. The van der Waals surface area contributed by atoms with E-state index in [0.29, 0.717) is 48.8 Å². The second-order valence-corrected chi connectivity index (χ2v) is 34.3. The highest BCUT2D eigenvalue weighted by Crippen LogP contribution is 2.40. The Kier molecular flexibility index (Phi) is 25.3. The van der Waals surface area contributed by atoms with Crippen molar-refractivity contribution in [3.8, 4) is 0 Å². The molecule has 2 saturated heterocycles.